The fourth-order valence-electron chi connectivity index (χ4n) is 3.94. The van der Waals surface area contributed by atoms with Gasteiger partial charge < -0.3 is 4.74 Å². The van der Waals surface area contributed by atoms with Crippen LogP contribution in [0.1, 0.15) is 27.3 Å². The number of carbonyl (C=O) groups excluding carboxylic acids is 1. The molecule has 0 saturated carbocycles. The molecular weight excluding hydrogens is 416 g/mol. The highest BCUT2D eigenvalue weighted by atomic mass is 16.5. The number of hydrogen-bond donors (Lipinski definition) is 0. The average molecular weight is 438 g/mol. The van der Waals surface area contributed by atoms with E-state index in [0.717, 1.165) is 59.8 Å². The van der Waals surface area contributed by atoms with Crippen molar-refractivity contribution in [2.24, 2.45) is 0 Å². The van der Waals surface area contributed by atoms with Gasteiger partial charge in [0.05, 0.1) is 35.3 Å². The molecule has 0 aliphatic carbocycles. The molecule has 0 saturated heterocycles. The standard InChI is InChI=1S/C25H22N6O2/c1-33-25(32)18-5-2-4-17(10-18)22-7-3-6-21(29-22)15-31-9-8-23-20(14-31)13-28-24(30-23)19-11-26-16-27-12-19/h2-7,10-13,16H,8-9,14-15H2,1H3. The first kappa shape index (κ1) is 20.8. The molecule has 33 heavy (non-hydrogen) atoms. The van der Waals surface area contributed by atoms with Crippen molar-refractivity contribution in [1.29, 1.82) is 0 Å². The van der Waals surface area contributed by atoms with Gasteiger partial charge in [-0.2, -0.15) is 0 Å². The van der Waals surface area contributed by atoms with Gasteiger partial charge in [-0.25, -0.2) is 24.7 Å². The lowest BCUT2D eigenvalue weighted by atomic mass is 10.1. The molecule has 1 aromatic carbocycles. The summed E-state index contributed by atoms with van der Waals surface area (Å²) in [6.07, 6.45) is 7.70. The van der Waals surface area contributed by atoms with Crippen LogP contribution in [0.15, 0.2) is 67.4 Å². The quantitative estimate of drug-likeness (QED) is 0.438. The lowest BCUT2D eigenvalue weighted by Gasteiger charge is -2.27. The van der Waals surface area contributed by atoms with E-state index in [4.69, 9.17) is 14.7 Å². The molecule has 0 fully saturated rings. The number of carbonyl (C=O) groups is 1. The highest BCUT2D eigenvalue weighted by Crippen LogP contribution is 2.23. The second kappa shape index (κ2) is 9.22. The smallest absolute Gasteiger partial charge is 0.337 e. The molecule has 0 N–H and O–H groups in total. The van der Waals surface area contributed by atoms with Crippen LogP contribution < -0.4 is 0 Å². The molecule has 0 unspecified atom stereocenters. The lowest BCUT2D eigenvalue weighted by molar-refractivity contribution is 0.0601. The number of fused-ring (bicyclic) bond motifs is 1. The van der Waals surface area contributed by atoms with E-state index >= 15 is 0 Å². The van der Waals surface area contributed by atoms with Gasteiger partial charge in [0.1, 0.15) is 6.33 Å². The molecule has 0 atom stereocenters. The minimum Gasteiger partial charge on any atom is -0.465 e. The third-order valence-electron chi connectivity index (χ3n) is 5.60. The number of pyridine rings is 1. The number of ether oxygens (including phenoxy) is 1. The molecule has 8 heteroatoms. The molecule has 8 nitrogen and oxygen atoms in total. The molecular formula is C25H22N6O2. The van der Waals surface area contributed by atoms with Gasteiger partial charge in [-0.15, -0.1) is 0 Å². The van der Waals surface area contributed by atoms with E-state index in [1.165, 1.54) is 13.4 Å². The van der Waals surface area contributed by atoms with Crippen molar-refractivity contribution in [2.75, 3.05) is 13.7 Å². The van der Waals surface area contributed by atoms with E-state index in [-0.39, 0.29) is 5.97 Å². The van der Waals surface area contributed by atoms with Crippen molar-refractivity contribution >= 4 is 5.97 Å². The van der Waals surface area contributed by atoms with Crippen molar-refractivity contribution in [1.82, 2.24) is 29.8 Å². The van der Waals surface area contributed by atoms with Crippen LogP contribution >= 0.6 is 0 Å². The third kappa shape index (κ3) is 4.61. The first-order chi connectivity index (χ1) is 16.2. The van der Waals surface area contributed by atoms with Crippen LogP contribution in [0, 0.1) is 0 Å². The highest BCUT2D eigenvalue weighted by Gasteiger charge is 2.19. The summed E-state index contributed by atoms with van der Waals surface area (Å²) >= 11 is 0. The Morgan fingerprint density at radius 1 is 1.03 bits per heavy atom. The van der Waals surface area contributed by atoms with Crippen LogP contribution in [-0.2, 0) is 24.2 Å². The Morgan fingerprint density at radius 2 is 1.88 bits per heavy atom. The number of hydrogen-bond acceptors (Lipinski definition) is 8. The molecule has 164 valence electrons. The Morgan fingerprint density at radius 3 is 2.73 bits per heavy atom. The van der Waals surface area contributed by atoms with E-state index in [0.29, 0.717) is 11.4 Å². The minimum atomic E-state index is -0.356. The first-order valence-corrected chi connectivity index (χ1v) is 10.7. The Kier molecular flexibility index (Phi) is 5.82. The number of esters is 1. The second-order valence-corrected chi connectivity index (χ2v) is 7.84. The van der Waals surface area contributed by atoms with Crippen molar-refractivity contribution in [3.8, 4) is 22.6 Å². The summed E-state index contributed by atoms with van der Waals surface area (Å²) in [6.45, 7) is 2.38. The Hall–Kier alpha value is -4.04. The van der Waals surface area contributed by atoms with Gasteiger partial charge in [-0.3, -0.25) is 9.88 Å². The number of nitrogens with zero attached hydrogens (tertiary/aromatic N) is 6. The topological polar surface area (TPSA) is 94.0 Å². The molecule has 0 radical (unpaired) electrons. The van der Waals surface area contributed by atoms with Crippen LogP contribution in [0.3, 0.4) is 0 Å². The van der Waals surface area contributed by atoms with Crippen molar-refractivity contribution in [3.05, 3.63) is 89.9 Å². The zero-order chi connectivity index (χ0) is 22.6. The summed E-state index contributed by atoms with van der Waals surface area (Å²) in [7, 11) is 1.38. The van der Waals surface area contributed by atoms with E-state index in [9.17, 15) is 4.79 Å². The number of benzene rings is 1. The largest absolute Gasteiger partial charge is 0.465 e. The summed E-state index contributed by atoms with van der Waals surface area (Å²) in [5.41, 5.74) is 6.21. The van der Waals surface area contributed by atoms with Gasteiger partial charge in [-0.05, 0) is 24.3 Å². The summed E-state index contributed by atoms with van der Waals surface area (Å²) in [6, 6.07) is 13.3. The molecule has 1 aliphatic rings. The highest BCUT2D eigenvalue weighted by molar-refractivity contribution is 5.90. The SMILES string of the molecule is COC(=O)c1cccc(-c2cccc(CN3CCc4nc(-c5cncnc5)ncc4C3)n2)c1. The zero-order valence-electron chi connectivity index (χ0n) is 18.2. The molecule has 0 spiro atoms. The van der Waals surface area contributed by atoms with Crippen molar-refractivity contribution in [3.63, 3.8) is 0 Å². The number of aromatic nitrogens is 5. The zero-order valence-corrected chi connectivity index (χ0v) is 18.2. The van der Waals surface area contributed by atoms with Gasteiger partial charge >= 0.3 is 5.97 Å². The summed E-state index contributed by atoms with van der Waals surface area (Å²) in [5.74, 6) is 0.302. The minimum absolute atomic E-state index is 0.356. The fourth-order valence-corrected chi connectivity index (χ4v) is 3.94. The van der Waals surface area contributed by atoms with Gasteiger partial charge in [0, 0.05) is 55.8 Å². The van der Waals surface area contributed by atoms with Crippen LogP contribution in [0.5, 0.6) is 0 Å². The van der Waals surface area contributed by atoms with Crippen LogP contribution in [0.25, 0.3) is 22.6 Å². The first-order valence-electron chi connectivity index (χ1n) is 10.7. The predicted octanol–water partition coefficient (Wildman–Crippen LogP) is 3.34. The average Bonchev–Trinajstić information content (AvgIpc) is 2.88. The fraction of sp³-hybridized carbons (Fsp3) is 0.200. The van der Waals surface area contributed by atoms with Crippen LogP contribution in [-0.4, -0.2) is 49.4 Å². The molecule has 5 rings (SSSR count). The molecule has 0 amide bonds. The Bertz CT molecular complexity index is 1300. The maximum atomic E-state index is 11.9. The lowest BCUT2D eigenvalue weighted by Crippen LogP contribution is -2.31. The second-order valence-electron chi connectivity index (χ2n) is 7.84. The summed E-state index contributed by atoms with van der Waals surface area (Å²) < 4.78 is 4.83. The van der Waals surface area contributed by atoms with Crippen molar-refractivity contribution in [2.45, 2.75) is 19.5 Å². The van der Waals surface area contributed by atoms with Gasteiger partial charge in [-0.1, -0.05) is 18.2 Å². The van der Waals surface area contributed by atoms with E-state index in [1.807, 2.05) is 42.6 Å². The Balaban J connectivity index is 1.31. The van der Waals surface area contributed by atoms with Crippen LogP contribution in [0.2, 0.25) is 0 Å². The van der Waals surface area contributed by atoms with Crippen LogP contribution in [0.4, 0.5) is 0 Å². The molecule has 1 aliphatic heterocycles. The van der Waals surface area contributed by atoms with Crippen molar-refractivity contribution < 1.29 is 9.53 Å². The normalized spacial score (nSPS) is 13.4. The van der Waals surface area contributed by atoms with Gasteiger partial charge in [0.25, 0.3) is 0 Å². The monoisotopic (exact) mass is 438 g/mol. The predicted molar refractivity (Wildman–Crippen MR) is 122 cm³/mol. The van der Waals surface area contributed by atoms with Gasteiger partial charge in [0.15, 0.2) is 5.82 Å². The number of methoxy groups -OCH3 is 1. The number of rotatable bonds is 5. The summed E-state index contributed by atoms with van der Waals surface area (Å²) in [4.78, 5) is 36.4. The molecule has 4 aromatic rings. The maximum absolute atomic E-state index is 11.9. The summed E-state index contributed by atoms with van der Waals surface area (Å²) in [5, 5.41) is 0. The molecule has 0 bridgehead atoms. The molecule has 3 aromatic heterocycles. The molecule has 4 heterocycles. The van der Waals surface area contributed by atoms with E-state index in [2.05, 4.69) is 19.9 Å². The Labute approximate surface area is 191 Å². The van der Waals surface area contributed by atoms with Gasteiger partial charge in [0.2, 0.25) is 0 Å². The maximum Gasteiger partial charge on any atom is 0.337 e. The third-order valence-corrected chi connectivity index (χ3v) is 5.60. The van der Waals surface area contributed by atoms with E-state index in [1.54, 1.807) is 18.5 Å². The van der Waals surface area contributed by atoms with E-state index < -0.39 is 0 Å².